The van der Waals surface area contributed by atoms with Gasteiger partial charge in [0.2, 0.25) is 0 Å². The van der Waals surface area contributed by atoms with Crippen LogP contribution >= 0.6 is 0 Å². The van der Waals surface area contributed by atoms with Crippen molar-refractivity contribution in [3.8, 4) is 0 Å². The lowest BCUT2D eigenvalue weighted by Gasteiger charge is -2.19. The first-order chi connectivity index (χ1) is 8.54. The van der Waals surface area contributed by atoms with Gasteiger partial charge in [-0.2, -0.15) is 0 Å². The molecule has 0 radical (unpaired) electrons. The Balaban J connectivity index is 1.93. The topological polar surface area (TPSA) is 27.8 Å². The average Bonchev–Trinajstić information content (AvgIpc) is 3.05. The summed E-state index contributed by atoms with van der Waals surface area (Å²) in [6, 6.07) is 7.55. The van der Waals surface area contributed by atoms with Crippen LogP contribution < -0.4 is 5.32 Å². The van der Waals surface area contributed by atoms with Crippen molar-refractivity contribution in [3.63, 3.8) is 0 Å². The highest BCUT2D eigenvalue weighted by Gasteiger charge is 2.21. The number of aromatic amines is 1. The zero-order valence-corrected chi connectivity index (χ0v) is 11.5. The minimum absolute atomic E-state index is 0.215. The van der Waals surface area contributed by atoms with Gasteiger partial charge in [-0.05, 0) is 41.5 Å². The summed E-state index contributed by atoms with van der Waals surface area (Å²) in [4.78, 5) is 3.37. The molecular formula is C16H22N2. The number of benzene rings is 1. The maximum absolute atomic E-state index is 3.59. The molecule has 1 saturated carbocycles. The number of fused-ring (bicyclic) bond motifs is 1. The fourth-order valence-electron chi connectivity index (χ4n) is 2.33. The summed E-state index contributed by atoms with van der Waals surface area (Å²) in [6.45, 7) is 7.78. The molecule has 1 aromatic carbocycles. The lowest BCUT2D eigenvalue weighted by atomic mass is 9.86. The fourth-order valence-corrected chi connectivity index (χ4v) is 2.33. The SMILES string of the molecule is CC(C)(C)c1ccc2[nH]cc(CNC3CC3)c2c1. The van der Waals surface area contributed by atoms with E-state index >= 15 is 0 Å². The molecule has 0 bridgehead atoms. The average molecular weight is 242 g/mol. The lowest BCUT2D eigenvalue weighted by Crippen LogP contribution is -2.15. The number of H-pyrrole nitrogens is 1. The molecule has 1 heterocycles. The summed E-state index contributed by atoms with van der Waals surface area (Å²) >= 11 is 0. The van der Waals surface area contributed by atoms with Gasteiger partial charge in [0.15, 0.2) is 0 Å². The molecule has 2 N–H and O–H groups in total. The Morgan fingerprint density at radius 2 is 2.06 bits per heavy atom. The van der Waals surface area contributed by atoms with Crippen LogP contribution in [0.1, 0.15) is 44.7 Å². The molecule has 0 saturated heterocycles. The monoisotopic (exact) mass is 242 g/mol. The molecule has 1 aliphatic carbocycles. The van der Waals surface area contributed by atoms with Crippen LogP contribution in [0.5, 0.6) is 0 Å². The van der Waals surface area contributed by atoms with Gasteiger partial charge in [-0.15, -0.1) is 0 Å². The Bertz CT molecular complexity index is 556. The molecule has 2 heteroatoms. The highest BCUT2D eigenvalue weighted by atomic mass is 14.9. The molecule has 0 atom stereocenters. The van der Waals surface area contributed by atoms with Crippen molar-refractivity contribution >= 4 is 10.9 Å². The van der Waals surface area contributed by atoms with Crippen LogP contribution in [0.15, 0.2) is 24.4 Å². The Kier molecular flexibility index (Phi) is 2.70. The fraction of sp³-hybridized carbons (Fsp3) is 0.500. The zero-order chi connectivity index (χ0) is 12.8. The van der Waals surface area contributed by atoms with Crippen molar-refractivity contribution in [3.05, 3.63) is 35.5 Å². The van der Waals surface area contributed by atoms with Gasteiger partial charge in [-0.1, -0.05) is 26.8 Å². The van der Waals surface area contributed by atoms with Crippen LogP contribution in [-0.2, 0) is 12.0 Å². The number of nitrogens with one attached hydrogen (secondary N) is 2. The van der Waals surface area contributed by atoms with E-state index in [9.17, 15) is 0 Å². The molecule has 0 spiro atoms. The smallest absolute Gasteiger partial charge is 0.0457 e. The van der Waals surface area contributed by atoms with Crippen molar-refractivity contribution < 1.29 is 0 Å². The summed E-state index contributed by atoms with van der Waals surface area (Å²) in [5.74, 6) is 0. The van der Waals surface area contributed by atoms with Crippen molar-refractivity contribution in [2.24, 2.45) is 0 Å². The molecule has 1 fully saturated rings. The molecule has 0 amide bonds. The third-order valence-electron chi connectivity index (χ3n) is 3.79. The Labute approximate surface area is 109 Å². The summed E-state index contributed by atoms with van der Waals surface area (Å²) in [5, 5.41) is 4.96. The van der Waals surface area contributed by atoms with Gasteiger partial charge >= 0.3 is 0 Å². The van der Waals surface area contributed by atoms with Crippen molar-refractivity contribution in [1.29, 1.82) is 0 Å². The molecule has 1 aliphatic rings. The minimum Gasteiger partial charge on any atom is -0.361 e. The third kappa shape index (κ3) is 2.30. The quantitative estimate of drug-likeness (QED) is 0.843. The highest BCUT2D eigenvalue weighted by molar-refractivity contribution is 5.84. The summed E-state index contributed by atoms with van der Waals surface area (Å²) in [6.07, 6.45) is 4.83. The predicted octanol–water partition coefficient (Wildman–Crippen LogP) is 3.72. The molecule has 96 valence electrons. The van der Waals surface area contributed by atoms with E-state index in [1.807, 2.05) is 0 Å². The second kappa shape index (κ2) is 4.13. The van der Waals surface area contributed by atoms with E-state index < -0.39 is 0 Å². The molecule has 0 aliphatic heterocycles. The molecule has 3 rings (SSSR count). The van der Waals surface area contributed by atoms with Crippen molar-refractivity contribution in [1.82, 2.24) is 10.3 Å². The molecule has 0 unspecified atom stereocenters. The Morgan fingerprint density at radius 3 is 2.72 bits per heavy atom. The number of hydrogen-bond donors (Lipinski definition) is 2. The molecule has 18 heavy (non-hydrogen) atoms. The van der Waals surface area contributed by atoms with E-state index in [-0.39, 0.29) is 5.41 Å². The van der Waals surface area contributed by atoms with Gasteiger partial charge in [0.25, 0.3) is 0 Å². The molecule has 1 aromatic heterocycles. The first-order valence-electron chi connectivity index (χ1n) is 6.88. The highest BCUT2D eigenvalue weighted by Crippen LogP contribution is 2.28. The summed E-state index contributed by atoms with van der Waals surface area (Å²) in [7, 11) is 0. The molecular weight excluding hydrogens is 220 g/mol. The second-order valence-corrected chi connectivity index (χ2v) is 6.48. The number of aromatic nitrogens is 1. The maximum atomic E-state index is 3.59. The van der Waals surface area contributed by atoms with Crippen LogP contribution in [0, 0.1) is 0 Å². The van der Waals surface area contributed by atoms with E-state index in [4.69, 9.17) is 0 Å². The predicted molar refractivity (Wildman–Crippen MR) is 76.9 cm³/mol. The van der Waals surface area contributed by atoms with Gasteiger partial charge in [0.05, 0.1) is 0 Å². The van der Waals surface area contributed by atoms with Gasteiger partial charge in [-0.25, -0.2) is 0 Å². The maximum Gasteiger partial charge on any atom is 0.0457 e. The largest absolute Gasteiger partial charge is 0.361 e. The standard InChI is InChI=1S/C16H22N2/c1-16(2,3)12-4-7-15-14(8-12)11(10-18-15)9-17-13-5-6-13/h4,7-8,10,13,17-18H,5-6,9H2,1-3H3. The van der Waals surface area contributed by atoms with E-state index in [1.54, 1.807) is 0 Å². The molecule has 2 nitrogen and oxygen atoms in total. The van der Waals surface area contributed by atoms with Crippen LogP contribution in [-0.4, -0.2) is 11.0 Å². The normalized spacial score (nSPS) is 16.4. The van der Waals surface area contributed by atoms with Gasteiger partial charge in [0, 0.05) is 29.7 Å². The van der Waals surface area contributed by atoms with Gasteiger partial charge in [-0.3, -0.25) is 0 Å². The lowest BCUT2D eigenvalue weighted by molar-refractivity contribution is 0.591. The van der Waals surface area contributed by atoms with E-state index in [1.165, 1.54) is 34.9 Å². The van der Waals surface area contributed by atoms with E-state index in [0.717, 1.165) is 12.6 Å². The second-order valence-electron chi connectivity index (χ2n) is 6.48. The van der Waals surface area contributed by atoms with Crippen molar-refractivity contribution in [2.45, 2.75) is 51.6 Å². The summed E-state index contributed by atoms with van der Waals surface area (Å²) in [5.41, 5.74) is 4.26. The first-order valence-corrected chi connectivity index (χ1v) is 6.88. The minimum atomic E-state index is 0.215. The van der Waals surface area contributed by atoms with E-state index in [0.29, 0.717) is 0 Å². The van der Waals surface area contributed by atoms with Crippen LogP contribution in [0.3, 0.4) is 0 Å². The third-order valence-corrected chi connectivity index (χ3v) is 3.79. The number of hydrogen-bond acceptors (Lipinski definition) is 1. The Hall–Kier alpha value is -1.28. The summed E-state index contributed by atoms with van der Waals surface area (Å²) < 4.78 is 0. The van der Waals surface area contributed by atoms with Crippen LogP contribution in [0.4, 0.5) is 0 Å². The van der Waals surface area contributed by atoms with Gasteiger partial charge < -0.3 is 10.3 Å². The van der Waals surface area contributed by atoms with E-state index in [2.05, 4.69) is 55.5 Å². The molecule has 2 aromatic rings. The number of rotatable bonds is 3. The Morgan fingerprint density at radius 1 is 1.28 bits per heavy atom. The first kappa shape index (κ1) is 11.8. The van der Waals surface area contributed by atoms with Crippen molar-refractivity contribution in [2.75, 3.05) is 0 Å². The zero-order valence-electron chi connectivity index (χ0n) is 11.5. The van der Waals surface area contributed by atoms with Crippen LogP contribution in [0.2, 0.25) is 0 Å². The van der Waals surface area contributed by atoms with Gasteiger partial charge in [0.1, 0.15) is 0 Å². The van der Waals surface area contributed by atoms with Crippen LogP contribution in [0.25, 0.3) is 10.9 Å².